The fourth-order valence-electron chi connectivity index (χ4n) is 9.20. The number of hydroxylamine groups is 2. The number of carbonyl (C=O) groups excluding carboxylic acids is 2. The molecule has 2 amide bonds. The van der Waals surface area contributed by atoms with Crippen LogP contribution in [0.5, 0.6) is 5.75 Å². The number of rotatable bonds is 16. The lowest BCUT2D eigenvalue weighted by molar-refractivity contribution is -0.183. The van der Waals surface area contributed by atoms with Gasteiger partial charge in [0.2, 0.25) is 5.91 Å². The summed E-state index contributed by atoms with van der Waals surface area (Å²) in [5.41, 5.74) is 4.90. The molecule has 1 aromatic heterocycles. The van der Waals surface area contributed by atoms with Gasteiger partial charge in [0.25, 0.3) is 5.91 Å². The molecule has 7 rings (SSSR count). The number of amides is 2. The van der Waals surface area contributed by atoms with Crippen LogP contribution in [0, 0.1) is 29.1 Å². The van der Waals surface area contributed by atoms with Crippen molar-refractivity contribution in [3.8, 4) is 16.9 Å². The average Bonchev–Trinajstić information content (AvgIpc) is 3.54. The standard InChI is InChI=1S/C44H62N6O6/c1-27-36-23-32(44(36,3)4)24-37(27)47-43(54)40-39(28(2)52)38(26-51)56-50(40)25-29-12-11-14-35(41(29)55-19-18-48(5)6)30-20-31(22-34(21-30)49(7)8)42(53)46-17-15-33-13-9-10-16-45-33/h9-14,16,20-22,27-28,32,36-40,51-52H,15,17-19,23-26H2,1-8H3,(H,46,53)(H,47,54)/t27-,28-,32+,36-,37-,38?,39+,40-/m0/s1. The van der Waals surface area contributed by atoms with Crippen LogP contribution >= 0.6 is 0 Å². The fraction of sp³-hybridized carbons (Fsp3) is 0.568. The summed E-state index contributed by atoms with van der Waals surface area (Å²) in [4.78, 5) is 42.7. The first-order valence-electron chi connectivity index (χ1n) is 20.1. The SMILES string of the molecule is C[C@@H]1[C@@H](NC(=O)[C@@H]2[C@H]([C@H](C)O)C(CO)ON2Cc2cccc(-c3cc(C(=O)NCCc4ccccn4)cc(N(C)C)c3)c2OCCN(C)C)C[C@H]2C[C@@H]1C2(C)C. The maximum atomic E-state index is 14.4. The van der Waals surface area contributed by atoms with Crippen molar-refractivity contribution in [1.82, 2.24) is 25.6 Å². The molecule has 1 saturated heterocycles. The van der Waals surface area contributed by atoms with Gasteiger partial charge in [-0.2, -0.15) is 5.06 Å². The van der Waals surface area contributed by atoms with Crippen LogP contribution < -0.4 is 20.3 Å². The molecule has 3 aliphatic carbocycles. The molecule has 3 aromatic rings. The zero-order valence-electron chi connectivity index (χ0n) is 34.4. The molecule has 0 radical (unpaired) electrons. The number of benzene rings is 2. The average molecular weight is 771 g/mol. The Morgan fingerprint density at radius 1 is 1.09 bits per heavy atom. The van der Waals surface area contributed by atoms with Gasteiger partial charge >= 0.3 is 0 Å². The lowest BCUT2D eigenvalue weighted by Crippen LogP contribution is -2.62. The molecule has 304 valence electrons. The number of aliphatic hydroxyl groups is 2. The van der Waals surface area contributed by atoms with E-state index in [1.54, 1.807) is 18.2 Å². The van der Waals surface area contributed by atoms with Crippen LogP contribution in [0.2, 0.25) is 0 Å². The van der Waals surface area contributed by atoms with Gasteiger partial charge in [0, 0.05) is 79.8 Å². The molecule has 8 atom stereocenters. The Morgan fingerprint density at radius 2 is 1.88 bits per heavy atom. The highest BCUT2D eigenvalue weighted by atomic mass is 16.7. The number of hydrogen-bond acceptors (Lipinski definition) is 10. The molecule has 56 heavy (non-hydrogen) atoms. The van der Waals surface area contributed by atoms with E-state index in [0.717, 1.165) is 34.5 Å². The molecule has 1 unspecified atom stereocenters. The van der Waals surface area contributed by atoms with Crippen molar-refractivity contribution < 1.29 is 29.4 Å². The van der Waals surface area contributed by atoms with E-state index < -0.39 is 24.2 Å². The number of hydrogen-bond donors (Lipinski definition) is 4. The smallest absolute Gasteiger partial charge is 0.251 e. The number of nitrogens with zero attached hydrogens (tertiary/aromatic N) is 4. The third-order valence-electron chi connectivity index (χ3n) is 12.7. The molecular weight excluding hydrogens is 709 g/mol. The minimum Gasteiger partial charge on any atom is -0.491 e. The Morgan fingerprint density at radius 3 is 2.52 bits per heavy atom. The largest absolute Gasteiger partial charge is 0.491 e. The second kappa shape index (κ2) is 17.6. The van der Waals surface area contributed by atoms with Crippen LogP contribution in [0.3, 0.4) is 0 Å². The molecule has 2 heterocycles. The van der Waals surface area contributed by atoms with Crippen LogP contribution in [0.4, 0.5) is 5.69 Å². The number of aromatic nitrogens is 1. The molecule has 0 spiro atoms. The van der Waals surface area contributed by atoms with Gasteiger partial charge in [-0.05, 0) is 92.9 Å². The summed E-state index contributed by atoms with van der Waals surface area (Å²) in [6, 6.07) is 16.6. The van der Waals surface area contributed by atoms with Gasteiger partial charge in [-0.25, -0.2) is 0 Å². The summed E-state index contributed by atoms with van der Waals surface area (Å²) in [5.74, 6) is 1.01. The maximum absolute atomic E-state index is 14.4. The van der Waals surface area contributed by atoms with Crippen molar-refractivity contribution >= 4 is 17.5 Å². The van der Waals surface area contributed by atoms with E-state index in [-0.39, 0.29) is 36.4 Å². The topological polar surface area (TPSA) is 140 Å². The van der Waals surface area contributed by atoms with Crippen LogP contribution in [-0.2, 0) is 22.6 Å². The first-order valence-corrected chi connectivity index (χ1v) is 20.1. The highest BCUT2D eigenvalue weighted by molar-refractivity contribution is 5.97. The van der Waals surface area contributed by atoms with Crippen molar-refractivity contribution in [3.05, 3.63) is 77.6 Å². The summed E-state index contributed by atoms with van der Waals surface area (Å²) in [7, 11) is 7.85. The number of ether oxygens (including phenoxy) is 1. The van der Waals surface area contributed by atoms with E-state index in [9.17, 15) is 19.8 Å². The second-order valence-corrected chi connectivity index (χ2v) is 17.2. The molecule has 4 fully saturated rings. The third kappa shape index (κ3) is 8.89. The van der Waals surface area contributed by atoms with Gasteiger partial charge in [0.15, 0.2) is 0 Å². The summed E-state index contributed by atoms with van der Waals surface area (Å²) in [6.45, 7) is 9.89. The molecule has 2 aromatic carbocycles. The van der Waals surface area contributed by atoms with Gasteiger partial charge in [0.1, 0.15) is 24.5 Å². The lowest BCUT2D eigenvalue weighted by Gasteiger charge is -2.62. The number of carbonyl (C=O) groups is 2. The van der Waals surface area contributed by atoms with E-state index >= 15 is 0 Å². The van der Waals surface area contributed by atoms with E-state index in [0.29, 0.717) is 55.2 Å². The van der Waals surface area contributed by atoms with E-state index in [1.165, 1.54) is 6.42 Å². The molecule has 12 nitrogen and oxygen atoms in total. The Labute approximate surface area is 332 Å². The van der Waals surface area contributed by atoms with Gasteiger partial charge < -0.3 is 35.4 Å². The van der Waals surface area contributed by atoms with Crippen molar-refractivity contribution in [2.45, 2.75) is 77.8 Å². The fourth-order valence-corrected chi connectivity index (χ4v) is 9.20. The number of anilines is 1. The highest BCUT2D eigenvalue weighted by Gasteiger charge is 2.57. The normalized spacial score (nSPS) is 26.0. The molecule has 4 N–H and O–H groups in total. The molecule has 12 heteroatoms. The van der Waals surface area contributed by atoms with Crippen molar-refractivity contribution in [3.63, 3.8) is 0 Å². The zero-order valence-corrected chi connectivity index (χ0v) is 34.4. The van der Waals surface area contributed by atoms with Gasteiger partial charge in [0.05, 0.1) is 19.3 Å². The van der Waals surface area contributed by atoms with E-state index in [1.807, 2.05) is 92.6 Å². The van der Waals surface area contributed by atoms with Crippen LogP contribution in [0.25, 0.3) is 11.1 Å². The molecule has 1 aliphatic heterocycles. The Kier molecular flexibility index (Phi) is 13.1. The summed E-state index contributed by atoms with van der Waals surface area (Å²) in [6.07, 6.45) is 2.81. The zero-order chi connectivity index (χ0) is 40.3. The van der Waals surface area contributed by atoms with Crippen LogP contribution in [-0.4, -0.2) is 116 Å². The number of para-hydroxylation sites is 1. The monoisotopic (exact) mass is 770 g/mol. The van der Waals surface area contributed by atoms with E-state index in [2.05, 4.69) is 36.4 Å². The van der Waals surface area contributed by atoms with Gasteiger partial charge in [-0.15, -0.1) is 0 Å². The molecule has 3 saturated carbocycles. The van der Waals surface area contributed by atoms with Gasteiger partial charge in [-0.1, -0.05) is 45.0 Å². The Hall–Kier alpha value is -4.07. The molecular formula is C44H62N6O6. The summed E-state index contributed by atoms with van der Waals surface area (Å²) in [5, 5.41) is 29.5. The first-order chi connectivity index (χ1) is 26.7. The predicted molar refractivity (Wildman–Crippen MR) is 218 cm³/mol. The Balaban J connectivity index is 1.31. The Bertz CT molecular complexity index is 1820. The van der Waals surface area contributed by atoms with Crippen molar-refractivity contribution in [2.75, 3.05) is 59.4 Å². The van der Waals surface area contributed by atoms with Crippen molar-refractivity contribution in [1.29, 1.82) is 0 Å². The predicted octanol–water partition coefficient (Wildman–Crippen LogP) is 4.39. The van der Waals surface area contributed by atoms with Crippen molar-refractivity contribution in [2.24, 2.45) is 29.1 Å². The summed E-state index contributed by atoms with van der Waals surface area (Å²) < 4.78 is 6.61. The van der Waals surface area contributed by atoms with Crippen LogP contribution in [0.1, 0.15) is 62.2 Å². The highest BCUT2D eigenvalue weighted by Crippen LogP contribution is 2.61. The number of nitrogens with one attached hydrogen (secondary N) is 2. The minimum absolute atomic E-state index is 0.0302. The second-order valence-electron chi connectivity index (χ2n) is 17.2. The minimum atomic E-state index is -0.909. The number of aliphatic hydroxyl groups excluding tert-OH is 2. The first kappa shape index (κ1) is 41.6. The summed E-state index contributed by atoms with van der Waals surface area (Å²) >= 11 is 0. The third-order valence-corrected chi connectivity index (χ3v) is 12.7. The maximum Gasteiger partial charge on any atom is 0.251 e. The molecule has 4 aliphatic rings. The number of pyridine rings is 1. The van der Waals surface area contributed by atoms with E-state index in [4.69, 9.17) is 9.57 Å². The quantitative estimate of drug-likeness (QED) is 0.166. The van der Waals surface area contributed by atoms with Crippen LogP contribution in [0.15, 0.2) is 60.8 Å². The number of fused-ring (bicyclic) bond motifs is 2. The number of likely N-dealkylation sites (N-methyl/N-ethyl adjacent to an activating group) is 1. The molecule has 2 bridgehead atoms. The van der Waals surface area contributed by atoms with Gasteiger partial charge in [-0.3, -0.25) is 19.4 Å². The lowest BCUT2D eigenvalue weighted by atomic mass is 9.45.